The lowest BCUT2D eigenvalue weighted by Gasteiger charge is -2.32. The molecule has 0 unspecified atom stereocenters. The Morgan fingerprint density at radius 2 is 1.84 bits per heavy atom. The average molecular weight is 350 g/mol. The van der Waals surface area contributed by atoms with Crippen LogP contribution in [0.2, 0.25) is 0 Å². The zero-order valence-corrected chi connectivity index (χ0v) is 15.3. The van der Waals surface area contributed by atoms with Crippen LogP contribution in [-0.2, 0) is 14.0 Å². The third-order valence-corrected chi connectivity index (χ3v) is 4.61. The number of benzene rings is 1. The molecular weight excluding hydrogens is 327 g/mol. The molecule has 1 aromatic carbocycles. The molecule has 0 spiro atoms. The molecule has 2 rings (SSSR count). The molecule has 1 saturated heterocycles. The lowest BCUT2D eigenvalue weighted by atomic mass is 9.76. The monoisotopic (exact) mass is 350 g/mol. The third kappa shape index (κ3) is 3.47. The van der Waals surface area contributed by atoms with E-state index in [0.29, 0.717) is 5.46 Å². The van der Waals surface area contributed by atoms with Gasteiger partial charge in [-0.05, 0) is 40.7 Å². The molecule has 25 heavy (non-hydrogen) atoms. The van der Waals surface area contributed by atoms with E-state index in [1.54, 1.807) is 14.0 Å². The van der Waals surface area contributed by atoms with Crippen molar-refractivity contribution < 1.29 is 23.8 Å². The van der Waals surface area contributed by atoms with E-state index in [-0.39, 0.29) is 23.5 Å². The van der Waals surface area contributed by atoms with Gasteiger partial charge in [0.15, 0.2) is 0 Å². The summed E-state index contributed by atoms with van der Waals surface area (Å²) in [4.78, 5) is 23.0. The largest absolute Gasteiger partial charge is 0.497 e. The standard InChI is InChI=1S/C16H23BN2O6/c1-7-23-14(20)10-8-11(13(18-6)12(9-10)19(21)22)17-24-15(2,3)16(4,5)25-17/h8-9,18H,7H2,1-6H3. The van der Waals surface area contributed by atoms with Gasteiger partial charge in [-0.2, -0.15) is 0 Å². The van der Waals surface area contributed by atoms with Gasteiger partial charge in [0.1, 0.15) is 5.69 Å². The van der Waals surface area contributed by atoms with E-state index in [1.807, 2.05) is 27.7 Å². The van der Waals surface area contributed by atoms with E-state index in [1.165, 1.54) is 12.1 Å². The molecule has 1 aromatic rings. The first kappa shape index (κ1) is 19.2. The fraction of sp³-hybridized carbons (Fsp3) is 0.562. The molecule has 0 aliphatic carbocycles. The van der Waals surface area contributed by atoms with Crippen LogP contribution in [-0.4, -0.2) is 42.9 Å². The Labute approximate surface area is 147 Å². The van der Waals surface area contributed by atoms with Crippen LogP contribution in [0.1, 0.15) is 45.0 Å². The molecular formula is C16H23BN2O6. The molecule has 8 nitrogen and oxygen atoms in total. The third-order valence-electron chi connectivity index (χ3n) is 4.61. The molecule has 1 heterocycles. The highest BCUT2D eigenvalue weighted by Crippen LogP contribution is 2.38. The summed E-state index contributed by atoms with van der Waals surface area (Å²) < 4.78 is 16.9. The number of nitrogens with one attached hydrogen (secondary N) is 1. The lowest BCUT2D eigenvalue weighted by molar-refractivity contribution is -0.383. The van der Waals surface area contributed by atoms with Crippen LogP contribution in [0, 0.1) is 10.1 Å². The number of anilines is 1. The van der Waals surface area contributed by atoms with Gasteiger partial charge in [0, 0.05) is 18.6 Å². The summed E-state index contributed by atoms with van der Waals surface area (Å²) in [6, 6.07) is 2.71. The van der Waals surface area contributed by atoms with E-state index in [2.05, 4.69) is 5.32 Å². The zero-order chi connectivity index (χ0) is 19.0. The molecule has 0 amide bonds. The zero-order valence-electron chi connectivity index (χ0n) is 15.3. The maximum Gasteiger partial charge on any atom is 0.497 e. The minimum Gasteiger partial charge on any atom is -0.462 e. The number of hydrogen-bond acceptors (Lipinski definition) is 7. The maximum atomic E-state index is 12.1. The second-order valence-corrected chi connectivity index (χ2v) is 6.78. The van der Waals surface area contributed by atoms with Crippen LogP contribution < -0.4 is 10.8 Å². The Morgan fingerprint density at radius 3 is 2.28 bits per heavy atom. The summed E-state index contributed by atoms with van der Waals surface area (Å²) in [7, 11) is 0.724. The first-order valence-electron chi connectivity index (χ1n) is 8.07. The quantitative estimate of drug-likeness (QED) is 0.376. The molecule has 136 valence electrons. The van der Waals surface area contributed by atoms with Crippen molar-refractivity contribution in [1.82, 2.24) is 0 Å². The summed E-state index contributed by atoms with van der Waals surface area (Å²) >= 11 is 0. The van der Waals surface area contributed by atoms with Crippen molar-refractivity contribution in [2.24, 2.45) is 0 Å². The van der Waals surface area contributed by atoms with Crippen molar-refractivity contribution in [1.29, 1.82) is 0 Å². The van der Waals surface area contributed by atoms with Gasteiger partial charge < -0.3 is 19.4 Å². The van der Waals surface area contributed by atoms with Crippen LogP contribution in [0.25, 0.3) is 0 Å². The van der Waals surface area contributed by atoms with Gasteiger partial charge in [0.2, 0.25) is 0 Å². The maximum absolute atomic E-state index is 12.1. The Hall–Kier alpha value is -2.13. The Balaban J connectivity index is 2.59. The Bertz CT molecular complexity index is 688. The number of nitrogens with zero attached hydrogens (tertiary/aromatic N) is 1. The Kier molecular flexibility index (Phi) is 5.10. The fourth-order valence-electron chi connectivity index (χ4n) is 2.55. The molecule has 0 aromatic heterocycles. The van der Waals surface area contributed by atoms with Gasteiger partial charge in [-0.1, -0.05) is 0 Å². The van der Waals surface area contributed by atoms with Gasteiger partial charge in [-0.3, -0.25) is 10.1 Å². The molecule has 0 saturated carbocycles. The highest BCUT2D eigenvalue weighted by molar-refractivity contribution is 6.64. The van der Waals surface area contributed by atoms with Crippen LogP contribution in [0.5, 0.6) is 0 Å². The van der Waals surface area contributed by atoms with Crippen molar-refractivity contribution in [3.63, 3.8) is 0 Å². The minimum atomic E-state index is -0.847. The number of nitro benzene ring substituents is 1. The predicted octanol–water partition coefficient (Wildman–Crippen LogP) is 2.11. The van der Waals surface area contributed by atoms with Crippen molar-refractivity contribution in [3.05, 3.63) is 27.8 Å². The van der Waals surface area contributed by atoms with Crippen molar-refractivity contribution in [3.8, 4) is 0 Å². The Morgan fingerprint density at radius 1 is 1.28 bits per heavy atom. The number of carbonyl (C=O) groups excluding carboxylic acids is 1. The molecule has 1 aliphatic rings. The predicted molar refractivity (Wildman–Crippen MR) is 94.3 cm³/mol. The molecule has 0 radical (unpaired) electrons. The highest BCUT2D eigenvalue weighted by atomic mass is 16.7. The van der Waals surface area contributed by atoms with Crippen LogP contribution >= 0.6 is 0 Å². The van der Waals surface area contributed by atoms with Gasteiger partial charge in [0.25, 0.3) is 5.69 Å². The topological polar surface area (TPSA) is 99.9 Å². The smallest absolute Gasteiger partial charge is 0.462 e. The molecule has 0 bridgehead atoms. The van der Waals surface area contributed by atoms with Crippen molar-refractivity contribution in [2.75, 3.05) is 19.0 Å². The van der Waals surface area contributed by atoms with Gasteiger partial charge >= 0.3 is 13.1 Å². The first-order chi connectivity index (χ1) is 11.5. The molecule has 0 atom stereocenters. The second-order valence-electron chi connectivity index (χ2n) is 6.78. The van der Waals surface area contributed by atoms with Crippen LogP contribution in [0.3, 0.4) is 0 Å². The molecule has 9 heteroatoms. The number of ether oxygens (including phenoxy) is 1. The van der Waals surface area contributed by atoms with E-state index in [0.717, 1.165) is 0 Å². The fourth-order valence-corrected chi connectivity index (χ4v) is 2.55. The summed E-state index contributed by atoms with van der Waals surface area (Å²) in [5.74, 6) is -0.633. The van der Waals surface area contributed by atoms with Crippen LogP contribution in [0.15, 0.2) is 12.1 Å². The van der Waals surface area contributed by atoms with E-state index < -0.39 is 29.2 Å². The molecule has 1 N–H and O–H groups in total. The average Bonchev–Trinajstić information content (AvgIpc) is 2.74. The normalized spacial score (nSPS) is 18.1. The number of esters is 1. The number of nitro groups is 1. The summed E-state index contributed by atoms with van der Waals surface area (Å²) in [5.41, 5.74) is -0.751. The summed E-state index contributed by atoms with van der Waals surface area (Å²) in [6.45, 7) is 9.38. The highest BCUT2D eigenvalue weighted by Gasteiger charge is 2.53. The van der Waals surface area contributed by atoms with Crippen molar-refractivity contribution in [2.45, 2.75) is 45.8 Å². The summed E-state index contributed by atoms with van der Waals surface area (Å²) in [6.07, 6.45) is 0. The first-order valence-corrected chi connectivity index (χ1v) is 8.07. The number of hydrogen-bond donors (Lipinski definition) is 1. The van der Waals surface area contributed by atoms with Gasteiger partial charge in [0.05, 0.1) is 28.3 Å². The van der Waals surface area contributed by atoms with E-state index in [4.69, 9.17) is 14.0 Å². The molecule has 1 fully saturated rings. The van der Waals surface area contributed by atoms with E-state index in [9.17, 15) is 14.9 Å². The second kappa shape index (κ2) is 6.64. The van der Waals surface area contributed by atoms with E-state index >= 15 is 0 Å². The van der Waals surface area contributed by atoms with Crippen molar-refractivity contribution >= 4 is 29.9 Å². The minimum absolute atomic E-state index is 0.0808. The molecule has 1 aliphatic heterocycles. The van der Waals surface area contributed by atoms with Gasteiger partial charge in [-0.25, -0.2) is 4.79 Å². The number of carbonyl (C=O) groups is 1. The van der Waals surface area contributed by atoms with Crippen LogP contribution in [0.4, 0.5) is 11.4 Å². The summed E-state index contributed by atoms with van der Waals surface area (Å²) in [5, 5.41) is 14.3. The lowest BCUT2D eigenvalue weighted by Crippen LogP contribution is -2.41. The van der Waals surface area contributed by atoms with Gasteiger partial charge in [-0.15, -0.1) is 0 Å². The SMILES string of the molecule is CCOC(=O)c1cc(B2OC(C)(C)C(C)(C)O2)c(NC)c([N+](=O)[O-])c1. The number of rotatable bonds is 5.